The molecule has 1 saturated heterocycles. The maximum Gasteiger partial charge on any atom is 0.258 e. The number of likely N-dealkylation sites (N-methyl/N-ethyl adjacent to an activating group) is 1. The largest absolute Gasteiger partial charge is 0.494 e. The summed E-state index contributed by atoms with van der Waals surface area (Å²) in [5, 5.41) is 12.6. The lowest BCUT2D eigenvalue weighted by atomic mass is 9.99. The van der Waals surface area contributed by atoms with E-state index in [9.17, 15) is 9.90 Å². The molecular formula is C27H24Cl2N4O2. The zero-order valence-electron chi connectivity index (χ0n) is 19.1. The smallest absolute Gasteiger partial charge is 0.258 e. The molecule has 2 heterocycles. The van der Waals surface area contributed by atoms with Crippen LogP contribution >= 0.6 is 23.2 Å². The number of aromatic hydroxyl groups is 1. The molecule has 0 spiro atoms. The van der Waals surface area contributed by atoms with Gasteiger partial charge in [-0.1, -0.05) is 35.3 Å². The Bertz CT molecular complexity index is 1470. The second-order valence-electron chi connectivity index (χ2n) is 8.67. The minimum Gasteiger partial charge on any atom is -0.494 e. The first-order chi connectivity index (χ1) is 16.9. The van der Waals surface area contributed by atoms with Crippen molar-refractivity contribution in [1.29, 1.82) is 0 Å². The Morgan fingerprint density at radius 2 is 1.69 bits per heavy atom. The van der Waals surface area contributed by atoms with Crippen molar-refractivity contribution in [2.75, 3.05) is 38.1 Å². The number of aromatic amines is 1. The lowest BCUT2D eigenvalue weighted by molar-refractivity contribution is 0.313. The maximum absolute atomic E-state index is 12.5. The fourth-order valence-electron chi connectivity index (χ4n) is 4.31. The minimum absolute atomic E-state index is 0.236. The zero-order chi connectivity index (χ0) is 24.5. The Kier molecular flexibility index (Phi) is 6.52. The number of nitrogens with one attached hydrogen (secondary N) is 1. The molecule has 2 N–H and O–H groups in total. The number of benzene rings is 3. The van der Waals surface area contributed by atoms with Crippen LogP contribution in [0.1, 0.15) is 5.56 Å². The third-order valence-corrected chi connectivity index (χ3v) is 6.89. The van der Waals surface area contributed by atoms with Crippen LogP contribution < -0.4 is 10.5 Å². The number of piperazine rings is 1. The van der Waals surface area contributed by atoms with Crippen LogP contribution in [0.2, 0.25) is 10.0 Å². The van der Waals surface area contributed by atoms with Crippen LogP contribution in [0.25, 0.3) is 21.9 Å². The molecule has 8 heteroatoms. The normalized spacial score (nSPS) is 14.8. The highest BCUT2D eigenvalue weighted by atomic mass is 35.5. The van der Waals surface area contributed by atoms with Gasteiger partial charge in [0.2, 0.25) is 5.88 Å². The van der Waals surface area contributed by atoms with Crippen LogP contribution in [0.15, 0.2) is 70.5 Å². The van der Waals surface area contributed by atoms with Gasteiger partial charge in [-0.3, -0.25) is 14.8 Å². The van der Waals surface area contributed by atoms with E-state index >= 15 is 0 Å². The molecule has 0 radical (unpaired) electrons. The number of nitrogens with zero attached hydrogens (tertiary/aromatic N) is 3. The van der Waals surface area contributed by atoms with Crippen LogP contribution in [-0.2, 0) is 0 Å². The van der Waals surface area contributed by atoms with Crippen molar-refractivity contribution in [3.8, 4) is 17.0 Å². The van der Waals surface area contributed by atoms with Crippen LogP contribution in [0.5, 0.6) is 5.88 Å². The molecule has 3 aromatic carbocycles. The van der Waals surface area contributed by atoms with Gasteiger partial charge in [-0.2, -0.15) is 0 Å². The van der Waals surface area contributed by atoms with Crippen molar-refractivity contribution < 1.29 is 5.11 Å². The number of hydrogen-bond donors (Lipinski definition) is 2. The van der Waals surface area contributed by atoms with Crippen molar-refractivity contribution in [2.45, 2.75) is 0 Å². The summed E-state index contributed by atoms with van der Waals surface area (Å²) in [6.45, 7) is 4.08. The highest BCUT2D eigenvalue weighted by Crippen LogP contribution is 2.33. The molecule has 0 unspecified atom stereocenters. The van der Waals surface area contributed by atoms with Gasteiger partial charge in [0.25, 0.3) is 5.56 Å². The number of aliphatic imine (C=N–C) groups is 1. The van der Waals surface area contributed by atoms with Gasteiger partial charge >= 0.3 is 0 Å². The van der Waals surface area contributed by atoms with Gasteiger partial charge in [-0.05, 0) is 61.1 Å². The Morgan fingerprint density at radius 1 is 0.943 bits per heavy atom. The number of fused-ring (bicyclic) bond motifs is 1. The second-order valence-corrected chi connectivity index (χ2v) is 9.51. The molecule has 1 aliphatic heterocycles. The highest BCUT2D eigenvalue weighted by molar-refractivity contribution is 6.36. The van der Waals surface area contributed by atoms with Gasteiger partial charge in [0, 0.05) is 64.5 Å². The van der Waals surface area contributed by atoms with E-state index in [-0.39, 0.29) is 11.4 Å². The molecule has 1 aromatic heterocycles. The number of hydrogen-bond acceptors (Lipinski definition) is 5. The Labute approximate surface area is 213 Å². The minimum atomic E-state index is -0.375. The van der Waals surface area contributed by atoms with Crippen molar-refractivity contribution in [1.82, 2.24) is 9.88 Å². The molecule has 0 saturated carbocycles. The molecule has 1 aliphatic rings. The van der Waals surface area contributed by atoms with Crippen LogP contribution in [-0.4, -0.2) is 54.4 Å². The number of halogens is 2. The van der Waals surface area contributed by atoms with E-state index < -0.39 is 0 Å². The van der Waals surface area contributed by atoms with Gasteiger partial charge in [-0.25, -0.2) is 0 Å². The quantitative estimate of drug-likeness (QED) is 0.347. The second kappa shape index (κ2) is 9.74. The monoisotopic (exact) mass is 506 g/mol. The van der Waals surface area contributed by atoms with E-state index in [1.807, 2.05) is 30.3 Å². The van der Waals surface area contributed by atoms with Crippen molar-refractivity contribution in [3.05, 3.63) is 86.6 Å². The lowest BCUT2D eigenvalue weighted by Crippen LogP contribution is -2.44. The summed E-state index contributed by atoms with van der Waals surface area (Å²) in [5.74, 6) is -0.236. The van der Waals surface area contributed by atoms with Crippen LogP contribution in [0.3, 0.4) is 0 Å². The number of aromatic nitrogens is 1. The molecular weight excluding hydrogens is 483 g/mol. The van der Waals surface area contributed by atoms with E-state index in [1.54, 1.807) is 24.4 Å². The van der Waals surface area contributed by atoms with Crippen molar-refractivity contribution in [2.24, 2.45) is 4.99 Å². The average molecular weight is 507 g/mol. The topological polar surface area (TPSA) is 71.9 Å². The predicted octanol–water partition coefficient (Wildman–Crippen LogP) is 5.71. The highest BCUT2D eigenvalue weighted by Gasteiger charge is 2.15. The summed E-state index contributed by atoms with van der Waals surface area (Å²) >= 11 is 12.4. The van der Waals surface area contributed by atoms with E-state index in [2.05, 4.69) is 39.0 Å². The summed E-state index contributed by atoms with van der Waals surface area (Å²) in [5.41, 5.74) is 3.54. The van der Waals surface area contributed by atoms with Crippen molar-refractivity contribution in [3.63, 3.8) is 0 Å². The molecule has 0 aliphatic carbocycles. The molecule has 178 valence electrons. The Hall–Kier alpha value is -3.32. The molecule has 1 fully saturated rings. The van der Waals surface area contributed by atoms with Gasteiger partial charge < -0.3 is 14.9 Å². The summed E-state index contributed by atoms with van der Waals surface area (Å²) in [6, 6.07) is 18.7. The summed E-state index contributed by atoms with van der Waals surface area (Å²) in [7, 11) is 2.14. The van der Waals surface area contributed by atoms with Gasteiger partial charge in [0.05, 0.1) is 11.3 Å². The molecule has 0 atom stereocenters. The number of rotatable bonds is 4. The van der Waals surface area contributed by atoms with Crippen LogP contribution in [0, 0.1) is 0 Å². The SMILES string of the molecule is CN1CCN(c2ccc(N=Cc3c(O)[nH]c(=O)c4ccc(-c5ccc(Cl)cc5Cl)cc34)cc2)CC1. The van der Waals surface area contributed by atoms with Crippen LogP contribution in [0.4, 0.5) is 11.4 Å². The van der Waals surface area contributed by atoms with Gasteiger partial charge in [-0.15, -0.1) is 0 Å². The molecule has 4 aromatic rings. The van der Waals surface area contributed by atoms with Crippen molar-refractivity contribution >= 4 is 51.6 Å². The predicted molar refractivity (Wildman–Crippen MR) is 145 cm³/mol. The lowest BCUT2D eigenvalue weighted by Gasteiger charge is -2.34. The van der Waals surface area contributed by atoms with Gasteiger partial charge in [0.15, 0.2) is 0 Å². The molecule has 0 amide bonds. The number of pyridine rings is 1. The van der Waals surface area contributed by atoms with E-state index in [0.29, 0.717) is 26.4 Å². The molecule has 35 heavy (non-hydrogen) atoms. The standard InChI is InChI=1S/C27H24Cl2N4O2/c1-32-10-12-33(13-11-32)20-6-4-19(5-7-20)30-16-24-23-14-17(21-9-3-18(28)15-25(21)29)2-8-22(23)26(34)31-27(24)35/h2-9,14-16H,10-13H2,1H3,(H2,31,34,35). The summed E-state index contributed by atoms with van der Waals surface area (Å²) < 4.78 is 0. The third kappa shape index (κ3) is 4.91. The van der Waals surface area contributed by atoms with E-state index in [4.69, 9.17) is 23.2 Å². The molecule has 6 nitrogen and oxygen atoms in total. The first kappa shape index (κ1) is 23.4. The fraction of sp³-hybridized carbons (Fsp3) is 0.185. The number of H-pyrrole nitrogens is 1. The first-order valence-corrected chi connectivity index (χ1v) is 12.1. The van der Waals surface area contributed by atoms with Gasteiger partial charge in [0.1, 0.15) is 0 Å². The molecule has 5 rings (SSSR count). The fourth-order valence-corrected chi connectivity index (χ4v) is 4.83. The van der Waals surface area contributed by atoms with E-state index in [1.165, 1.54) is 5.69 Å². The Balaban J connectivity index is 1.49. The summed E-state index contributed by atoms with van der Waals surface area (Å²) in [6.07, 6.45) is 1.58. The summed E-state index contributed by atoms with van der Waals surface area (Å²) in [4.78, 5) is 24.2. The molecule has 0 bridgehead atoms. The first-order valence-electron chi connectivity index (χ1n) is 11.3. The average Bonchev–Trinajstić information content (AvgIpc) is 2.84. The zero-order valence-corrected chi connectivity index (χ0v) is 20.6. The number of anilines is 1. The third-order valence-electron chi connectivity index (χ3n) is 6.34. The van der Waals surface area contributed by atoms with E-state index in [0.717, 1.165) is 43.0 Å². The Morgan fingerprint density at radius 3 is 2.40 bits per heavy atom. The maximum atomic E-state index is 12.5.